The Hall–Kier alpha value is -2.03. The molecule has 2 rings (SSSR count). The van der Waals surface area contributed by atoms with Crippen molar-refractivity contribution < 1.29 is 9.13 Å². The first-order chi connectivity index (χ1) is 8.29. The molecule has 0 unspecified atom stereocenters. The summed E-state index contributed by atoms with van der Waals surface area (Å²) in [6.07, 6.45) is 0. The highest BCUT2D eigenvalue weighted by Crippen LogP contribution is 2.16. The zero-order valence-electron chi connectivity index (χ0n) is 9.61. The fourth-order valence-corrected chi connectivity index (χ4v) is 1.55. The molecule has 0 amide bonds. The highest BCUT2D eigenvalue weighted by molar-refractivity contribution is 5.46. The van der Waals surface area contributed by atoms with Gasteiger partial charge in [-0.05, 0) is 30.3 Å². The van der Waals surface area contributed by atoms with Gasteiger partial charge < -0.3 is 10.1 Å². The lowest BCUT2D eigenvalue weighted by Crippen LogP contribution is -2.01. The van der Waals surface area contributed by atoms with E-state index in [0.717, 1.165) is 11.4 Å². The molecule has 1 N–H and O–H groups in total. The van der Waals surface area contributed by atoms with Crippen LogP contribution in [0.1, 0.15) is 5.56 Å². The van der Waals surface area contributed by atoms with Crippen molar-refractivity contribution in [2.45, 2.75) is 6.54 Å². The third-order valence-electron chi connectivity index (χ3n) is 2.53. The van der Waals surface area contributed by atoms with Crippen LogP contribution in [0.3, 0.4) is 0 Å². The number of nitrogens with one attached hydrogen (secondary N) is 1. The smallest absolute Gasteiger partial charge is 0.128 e. The maximum atomic E-state index is 13.4. The number of ether oxygens (including phenoxy) is 1. The molecule has 3 heteroatoms. The second kappa shape index (κ2) is 5.34. The Balaban J connectivity index is 2.00. The number of benzene rings is 2. The molecule has 2 nitrogen and oxygen atoms in total. The molecule has 0 saturated carbocycles. The van der Waals surface area contributed by atoms with Crippen LogP contribution in [-0.4, -0.2) is 7.11 Å². The van der Waals surface area contributed by atoms with E-state index in [2.05, 4.69) is 5.32 Å². The number of hydrogen-bond acceptors (Lipinski definition) is 2. The lowest BCUT2D eigenvalue weighted by Gasteiger charge is -2.08. The average molecular weight is 231 g/mol. The minimum absolute atomic E-state index is 0.187. The maximum absolute atomic E-state index is 13.4. The monoisotopic (exact) mass is 231 g/mol. The Morgan fingerprint density at radius 2 is 1.76 bits per heavy atom. The molecule has 2 aromatic rings. The molecule has 0 heterocycles. The van der Waals surface area contributed by atoms with Crippen molar-refractivity contribution in [3.63, 3.8) is 0 Å². The topological polar surface area (TPSA) is 21.3 Å². The van der Waals surface area contributed by atoms with Crippen molar-refractivity contribution in [3.8, 4) is 5.75 Å². The van der Waals surface area contributed by atoms with Gasteiger partial charge in [-0.2, -0.15) is 0 Å². The van der Waals surface area contributed by atoms with Crippen LogP contribution in [0.4, 0.5) is 10.1 Å². The minimum atomic E-state index is -0.187. The fraction of sp³-hybridized carbons (Fsp3) is 0.143. The van der Waals surface area contributed by atoms with Gasteiger partial charge in [0.25, 0.3) is 0 Å². The molecule has 0 aliphatic carbocycles. The van der Waals surface area contributed by atoms with Crippen LogP contribution in [-0.2, 0) is 6.54 Å². The molecular weight excluding hydrogens is 217 g/mol. The summed E-state index contributed by atoms with van der Waals surface area (Å²) in [4.78, 5) is 0. The molecular formula is C14H14FNO. The summed E-state index contributed by atoms with van der Waals surface area (Å²) in [6, 6.07) is 14.3. The van der Waals surface area contributed by atoms with Crippen LogP contribution >= 0.6 is 0 Å². The Bertz CT molecular complexity index is 482. The summed E-state index contributed by atoms with van der Waals surface area (Å²) < 4.78 is 18.4. The fourth-order valence-electron chi connectivity index (χ4n) is 1.55. The average Bonchev–Trinajstić information content (AvgIpc) is 2.38. The van der Waals surface area contributed by atoms with Crippen molar-refractivity contribution in [1.29, 1.82) is 0 Å². The third kappa shape index (κ3) is 2.97. The van der Waals surface area contributed by atoms with Gasteiger partial charge in [-0.15, -0.1) is 0 Å². The van der Waals surface area contributed by atoms with E-state index in [0.29, 0.717) is 12.1 Å². The first-order valence-corrected chi connectivity index (χ1v) is 5.41. The van der Waals surface area contributed by atoms with Gasteiger partial charge in [0.1, 0.15) is 11.6 Å². The summed E-state index contributed by atoms with van der Waals surface area (Å²) in [5.74, 6) is 0.620. The van der Waals surface area contributed by atoms with E-state index >= 15 is 0 Å². The van der Waals surface area contributed by atoms with Gasteiger partial charge in [-0.1, -0.05) is 18.2 Å². The highest BCUT2D eigenvalue weighted by Gasteiger charge is 2.00. The standard InChI is InChI=1S/C14H14FNO/c1-17-13-8-6-12(7-9-13)16-10-11-4-2-3-5-14(11)15/h2-9,16H,10H2,1H3. The van der Waals surface area contributed by atoms with Crippen LogP contribution in [0, 0.1) is 5.82 Å². The minimum Gasteiger partial charge on any atom is -0.497 e. The predicted molar refractivity (Wildman–Crippen MR) is 66.7 cm³/mol. The second-order valence-corrected chi connectivity index (χ2v) is 3.67. The van der Waals surface area contributed by atoms with Gasteiger partial charge in [0.15, 0.2) is 0 Å². The number of anilines is 1. The van der Waals surface area contributed by atoms with Crippen LogP contribution in [0.25, 0.3) is 0 Å². The molecule has 0 atom stereocenters. The van der Waals surface area contributed by atoms with E-state index in [9.17, 15) is 4.39 Å². The normalized spacial score (nSPS) is 10.0. The van der Waals surface area contributed by atoms with Gasteiger partial charge in [0, 0.05) is 17.8 Å². The quantitative estimate of drug-likeness (QED) is 0.870. The van der Waals surface area contributed by atoms with Crippen LogP contribution in [0.2, 0.25) is 0 Å². The molecule has 0 aromatic heterocycles. The van der Waals surface area contributed by atoms with Crippen molar-refractivity contribution >= 4 is 5.69 Å². The van der Waals surface area contributed by atoms with E-state index in [1.165, 1.54) is 6.07 Å². The zero-order valence-corrected chi connectivity index (χ0v) is 9.61. The molecule has 0 radical (unpaired) electrons. The van der Waals surface area contributed by atoms with Crippen molar-refractivity contribution in [2.24, 2.45) is 0 Å². The van der Waals surface area contributed by atoms with Crippen LogP contribution < -0.4 is 10.1 Å². The van der Waals surface area contributed by atoms with Crippen molar-refractivity contribution in [2.75, 3.05) is 12.4 Å². The predicted octanol–water partition coefficient (Wildman–Crippen LogP) is 3.45. The first-order valence-electron chi connectivity index (χ1n) is 5.41. The van der Waals surface area contributed by atoms with E-state index in [1.807, 2.05) is 30.3 Å². The van der Waals surface area contributed by atoms with Gasteiger partial charge in [0.05, 0.1) is 7.11 Å². The molecule has 0 aliphatic rings. The Morgan fingerprint density at radius 3 is 2.41 bits per heavy atom. The van der Waals surface area contributed by atoms with E-state index in [1.54, 1.807) is 19.2 Å². The number of halogens is 1. The molecule has 2 aromatic carbocycles. The Labute approximate surface area is 100 Å². The molecule has 0 spiro atoms. The Kier molecular flexibility index (Phi) is 3.60. The van der Waals surface area contributed by atoms with Crippen LogP contribution in [0.5, 0.6) is 5.75 Å². The molecule has 0 fully saturated rings. The largest absolute Gasteiger partial charge is 0.497 e. The van der Waals surface area contributed by atoms with Gasteiger partial charge in [0.2, 0.25) is 0 Å². The van der Waals surface area contributed by atoms with Crippen molar-refractivity contribution in [1.82, 2.24) is 0 Å². The molecule has 17 heavy (non-hydrogen) atoms. The summed E-state index contributed by atoms with van der Waals surface area (Å²) in [5.41, 5.74) is 1.59. The summed E-state index contributed by atoms with van der Waals surface area (Å²) in [5, 5.41) is 3.16. The summed E-state index contributed by atoms with van der Waals surface area (Å²) in [7, 11) is 1.63. The van der Waals surface area contributed by atoms with Gasteiger partial charge in [-0.3, -0.25) is 0 Å². The lowest BCUT2D eigenvalue weighted by molar-refractivity contribution is 0.415. The maximum Gasteiger partial charge on any atom is 0.128 e. The van der Waals surface area contributed by atoms with Gasteiger partial charge >= 0.3 is 0 Å². The second-order valence-electron chi connectivity index (χ2n) is 3.67. The molecule has 88 valence electrons. The SMILES string of the molecule is COc1ccc(NCc2ccccc2F)cc1. The van der Waals surface area contributed by atoms with Crippen molar-refractivity contribution in [3.05, 3.63) is 59.9 Å². The number of methoxy groups -OCH3 is 1. The molecule has 0 saturated heterocycles. The number of hydrogen-bond donors (Lipinski definition) is 1. The Morgan fingerprint density at radius 1 is 1.06 bits per heavy atom. The van der Waals surface area contributed by atoms with Gasteiger partial charge in [-0.25, -0.2) is 4.39 Å². The van der Waals surface area contributed by atoms with E-state index < -0.39 is 0 Å². The van der Waals surface area contributed by atoms with E-state index in [4.69, 9.17) is 4.74 Å². The third-order valence-corrected chi connectivity index (χ3v) is 2.53. The molecule has 0 bridgehead atoms. The number of rotatable bonds is 4. The highest BCUT2D eigenvalue weighted by atomic mass is 19.1. The van der Waals surface area contributed by atoms with E-state index in [-0.39, 0.29) is 5.82 Å². The lowest BCUT2D eigenvalue weighted by atomic mass is 10.2. The van der Waals surface area contributed by atoms with Crippen LogP contribution in [0.15, 0.2) is 48.5 Å². The summed E-state index contributed by atoms with van der Waals surface area (Å²) in [6.45, 7) is 0.471. The zero-order chi connectivity index (χ0) is 12.1. The summed E-state index contributed by atoms with van der Waals surface area (Å²) >= 11 is 0. The molecule has 0 aliphatic heterocycles. The first kappa shape index (κ1) is 11.5.